The second-order valence-electron chi connectivity index (χ2n) is 8.24. The number of alkyl halides is 17. The van der Waals surface area contributed by atoms with Crippen molar-refractivity contribution < 1.29 is 84.2 Å². The Labute approximate surface area is 197 Å². The quantitative estimate of drug-likeness (QED) is 0.170. The van der Waals surface area contributed by atoms with Crippen molar-refractivity contribution in [3.05, 3.63) is 0 Å². The van der Waals surface area contributed by atoms with E-state index >= 15 is 0 Å². The highest BCUT2D eigenvalue weighted by atomic mass is 19.4. The van der Waals surface area contributed by atoms with Gasteiger partial charge in [-0.2, -0.15) is 70.2 Å². The monoisotopic (exact) mass is 590 g/mol. The minimum Gasteiger partial charge on any atom is -0.465 e. The van der Waals surface area contributed by atoms with Gasteiger partial charge in [-0.05, 0) is 18.8 Å². The zero-order chi connectivity index (χ0) is 30.3. The van der Waals surface area contributed by atoms with Gasteiger partial charge in [-0.1, -0.05) is 20.8 Å². The van der Waals surface area contributed by atoms with E-state index < -0.39 is 84.9 Å². The van der Waals surface area contributed by atoms with Gasteiger partial charge in [0.1, 0.15) is 0 Å². The molecule has 0 bridgehead atoms. The Bertz CT molecular complexity index is 770. The van der Waals surface area contributed by atoms with E-state index in [1.165, 1.54) is 13.8 Å². The molecule has 0 spiro atoms. The van der Waals surface area contributed by atoms with Crippen LogP contribution in [0.2, 0.25) is 0 Å². The summed E-state index contributed by atoms with van der Waals surface area (Å²) >= 11 is 0. The average Bonchev–Trinajstić information content (AvgIpc) is 2.72. The fraction of sp³-hybridized carbons (Fsp3) is 0.944. The summed E-state index contributed by atoms with van der Waals surface area (Å²) in [7, 11) is 0. The molecule has 0 aromatic carbocycles. The molecule has 0 fully saturated rings. The number of carbonyl (C=O) groups excluding carboxylic acids is 1. The number of halogens is 17. The number of carbonyl (C=O) groups is 1. The molecule has 0 amide bonds. The summed E-state index contributed by atoms with van der Waals surface area (Å²) in [5.41, 5.74) is -8.56. The molecule has 2 nitrogen and oxygen atoms in total. The number of rotatable bonds is 12. The van der Waals surface area contributed by atoms with E-state index in [9.17, 15) is 79.4 Å². The lowest BCUT2D eigenvalue weighted by Crippen LogP contribution is -2.76. The fourth-order valence-electron chi connectivity index (χ4n) is 2.56. The van der Waals surface area contributed by atoms with Gasteiger partial charge in [0.15, 0.2) is 0 Å². The third-order valence-electron chi connectivity index (χ3n) is 5.33. The van der Waals surface area contributed by atoms with Gasteiger partial charge < -0.3 is 4.74 Å². The molecule has 2 unspecified atom stereocenters. The topological polar surface area (TPSA) is 26.3 Å². The van der Waals surface area contributed by atoms with Crippen LogP contribution in [0, 0.1) is 11.8 Å². The van der Waals surface area contributed by atoms with Gasteiger partial charge >= 0.3 is 53.6 Å². The number of hydrogen-bond acceptors (Lipinski definition) is 2. The SMILES string of the molecule is CCC(C)C(=O)OCC(C)CCC(F)(F)C(F)(F)C(F)(F)C(F)(F)C(F)(F)C(F)(C(F)(F)F)C(F)(F)F. The Balaban J connectivity index is 6.19. The molecule has 19 heteroatoms. The van der Waals surface area contributed by atoms with Crippen molar-refractivity contribution in [2.75, 3.05) is 6.61 Å². The third-order valence-corrected chi connectivity index (χ3v) is 5.33. The van der Waals surface area contributed by atoms with Crippen LogP contribution in [-0.2, 0) is 9.53 Å². The van der Waals surface area contributed by atoms with Crippen LogP contribution in [0.1, 0.15) is 40.0 Å². The van der Waals surface area contributed by atoms with E-state index in [1.807, 2.05) is 0 Å². The van der Waals surface area contributed by atoms with Crippen LogP contribution in [-0.4, -0.2) is 60.2 Å². The van der Waals surface area contributed by atoms with Gasteiger partial charge in [-0.25, -0.2) is 4.39 Å². The Kier molecular flexibility index (Phi) is 9.96. The zero-order valence-corrected chi connectivity index (χ0v) is 18.7. The van der Waals surface area contributed by atoms with Crippen molar-refractivity contribution >= 4 is 5.97 Å². The molecule has 0 aromatic heterocycles. The summed E-state index contributed by atoms with van der Waals surface area (Å²) in [6, 6.07) is 0. The number of hydrogen-bond donors (Lipinski definition) is 0. The van der Waals surface area contributed by atoms with Gasteiger partial charge in [0, 0.05) is 6.42 Å². The Hall–Kier alpha value is -1.72. The molecule has 2 atom stereocenters. The van der Waals surface area contributed by atoms with Crippen molar-refractivity contribution in [1.29, 1.82) is 0 Å². The molecule has 0 radical (unpaired) electrons. The first kappa shape index (κ1) is 35.3. The van der Waals surface area contributed by atoms with Crippen LogP contribution in [0.4, 0.5) is 74.6 Å². The van der Waals surface area contributed by atoms with E-state index in [0.29, 0.717) is 0 Å². The van der Waals surface area contributed by atoms with Crippen molar-refractivity contribution in [1.82, 2.24) is 0 Å². The molecule has 0 saturated heterocycles. The number of esters is 1. The second kappa shape index (κ2) is 10.4. The van der Waals surface area contributed by atoms with Gasteiger partial charge in [0.25, 0.3) is 0 Å². The summed E-state index contributed by atoms with van der Waals surface area (Å²) in [4.78, 5) is 11.5. The minimum absolute atomic E-state index is 0.230. The molecule has 0 N–H and O–H groups in total. The molecular formula is C18H19F17O2. The molecule has 0 rings (SSSR count). The van der Waals surface area contributed by atoms with Crippen LogP contribution in [0.25, 0.3) is 0 Å². The summed E-state index contributed by atoms with van der Waals surface area (Å²) in [5.74, 6) is -43.0. The van der Waals surface area contributed by atoms with Crippen LogP contribution in [0.3, 0.4) is 0 Å². The van der Waals surface area contributed by atoms with E-state index in [2.05, 4.69) is 4.74 Å². The molecule has 37 heavy (non-hydrogen) atoms. The predicted molar refractivity (Wildman–Crippen MR) is 89.5 cm³/mol. The smallest absolute Gasteiger partial charge is 0.438 e. The Morgan fingerprint density at radius 1 is 0.649 bits per heavy atom. The maximum atomic E-state index is 13.9. The van der Waals surface area contributed by atoms with Gasteiger partial charge in [-0.3, -0.25) is 4.79 Å². The van der Waals surface area contributed by atoms with Crippen LogP contribution in [0.15, 0.2) is 0 Å². The van der Waals surface area contributed by atoms with Crippen LogP contribution >= 0.6 is 0 Å². The van der Waals surface area contributed by atoms with Crippen molar-refractivity contribution in [3.8, 4) is 0 Å². The van der Waals surface area contributed by atoms with Crippen molar-refractivity contribution in [2.24, 2.45) is 11.8 Å². The first-order chi connectivity index (χ1) is 16.0. The molecule has 0 heterocycles. The lowest BCUT2D eigenvalue weighted by atomic mass is 9.83. The standard InChI is InChI=1S/C18H19F17O2/c1-4-9(3)10(36)37-7-8(2)5-6-11(19,20)13(22,23)15(26,27)16(28,29)14(24,25)12(21,17(30,31)32)18(33,34)35/h8-9H,4-7H2,1-3H3. The lowest BCUT2D eigenvalue weighted by molar-refractivity contribution is -0.465. The first-order valence-electron chi connectivity index (χ1n) is 9.89. The van der Waals surface area contributed by atoms with Gasteiger partial charge in [-0.15, -0.1) is 0 Å². The third kappa shape index (κ3) is 5.83. The normalized spacial score (nSPS) is 17.0. The summed E-state index contributed by atoms with van der Waals surface area (Å²) in [6.07, 6.45) is -20.0. The van der Waals surface area contributed by atoms with E-state index in [4.69, 9.17) is 0 Å². The molecule has 0 aliphatic heterocycles. The highest BCUT2D eigenvalue weighted by Gasteiger charge is 2.97. The summed E-state index contributed by atoms with van der Waals surface area (Å²) in [6.45, 7) is 2.96. The maximum absolute atomic E-state index is 13.9. The highest BCUT2D eigenvalue weighted by Crippen LogP contribution is 2.65. The van der Waals surface area contributed by atoms with E-state index in [-0.39, 0.29) is 6.42 Å². The molecular weight excluding hydrogens is 571 g/mol. The Morgan fingerprint density at radius 2 is 1.03 bits per heavy atom. The van der Waals surface area contributed by atoms with Gasteiger partial charge in [0.2, 0.25) is 0 Å². The summed E-state index contributed by atoms with van der Waals surface area (Å²) in [5, 5.41) is 0. The second-order valence-corrected chi connectivity index (χ2v) is 8.24. The van der Waals surface area contributed by atoms with E-state index in [1.54, 1.807) is 0 Å². The van der Waals surface area contributed by atoms with Gasteiger partial charge in [0.05, 0.1) is 12.5 Å². The lowest BCUT2D eigenvalue weighted by Gasteiger charge is -2.44. The maximum Gasteiger partial charge on any atom is 0.438 e. The van der Waals surface area contributed by atoms with Crippen LogP contribution in [0.5, 0.6) is 0 Å². The molecule has 222 valence electrons. The predicted octanol–water partition coefficient (Wildman–Crippen LogP) is 8.00. The average molecular weight is 590 g/mol. The molecule has 0 aliphatic carbocycles. The summed E-state index contributed by atoms with van der Waals surface area (Å²) < 4.78 is 230. The van der Waals surface area contributed by atoms with Crippen molar-refractivity contribution in [3.63, 3.8) is 0 Å². The zero-order valence-electron chi connectivity index (χ0n) is 18.7. The van der Waals surface area contributed by atoms with Crippen molar-refractivity contribution in [2.45, 2.75) is 87.7 Å². The van der Waals surface area contributed by atoms with E-state index in [0.717, 1.165) is 6.92 Å². The first-order valence-corrected chi connectivity index (χ1v) is 9.89. The molecule has 0 aromatic rings. The minimum atomic E-state index is -8.77. The largest absolute Gasteiger partial charge is 0.465 e. The molecule has 0 saturated carbocycles. The Morgan fingerprint density at radius 3 is 1.38 bits per heavy atom. The molecule has 0 aliphatic rings. The van der Waals surface area contributed by atoms with Crippen LogP contribution < -0.4 is 0 Å². The highest BCUT2D eigenvalue weighted by molar-refractivity contribution is 5.71. The number of ether oxygens (including phenoxy) is 1. The fourth-order valence-corrected chi connectivity index (χ4v) is 2.56.